The number of carbonyl (C=O) groups excluding carboxylic acids is 1. The Bertz CT molecular complexity index is 959. The lowest BCUT2D eigenvalue weighted by atomic mass is 9.83. The molecule has 2 heterocycles. The minimum atomic E-state index is -5.46. The van der Waals surface area contributed by atoms with E-state index in [1.54, 1.807) is 5.32 Å². The van der Waals surface area contributed by atoms with Crippen molar-refractivity contribution in [1.82, 2.24) is 10.3 Å². The molecule has 1 aliphatic rings. The van der Waals surface area contributed by atoms with Gasteiger partial charge in [0.15, 0.2) is 5.60 Å². The molecule has 1 unspecified atom stereocenters. The van der Waals surface area contributed by atoms with Crippen molar-refractivity contribution in [2.75, 3.05) is 11.9 Å². The number of carbonyl (C=O) groups is 1. The zero-order valence-corrected chi connectivity index (χ0v) is 16.1. The van der Waals surface area contributed by atoms with Gasteiger partial charge in [-0.25, -0.2) is 13.8 Å². The number of nitrogens with one attached hydrogen (secondary N) is 2. The zero-order chi connectivity index (χ0) is 22.3. The first kappa shape index (κ1) is 22.3. The number of pyridine rings is 1. The van der Waals surface area contributed by atoms with Crippen LogP contribution in [0.2, 0.25) is 5.02 Å². The predicted octanol–water partition coefficient (Wildman–Crippen LogP) is 3.47. The van der Waals surface area contributed by atoms with Crippen molar-refractivity contribution in [3.63, 3.8) is 0 Å². The largest absolute Gasteiger partial charge is 0.439 e. The molecule has 3 atom stereocenters. The molecule has 162 valence electrons. The van der Waals surface area contributed by atoms with E-state index in [9.17, 15) is 22.4 Å². The standard InChI is InChI=1S/C18H16ClF5N4O2/c1-16(17(21,18(22,23)24)27-8-14(25)30-16)11-6-10(3-4-12(11)20)28-15(29)13-5-2-9(19)7-26-13/h2-7,14,27H,8,25H2,1H3,(H,28,29)/t14?,16-,17+/m1/s1. The fourth-order valence-corrected chi connectivity index (χ4v) is 3.24. The number of halogens is 6. The Kier molecular flexibility index (Phi) is 5.76. The van der Waals surface area contributed by atoms with Crippen molar-refractivity contribution in [3.8, 4) is 0 Å². The van der Waals surface area contributed by atoms with Gasteiger partial charge in [0.2, 0.25) is 0 Å². The van der Waals surface area contributed by atoms with E-state index in [0.717, 1.165) is 25.1 Å². The molecule has 1 aromatic carbocycles. The van der Waals surface area contributed by atoms with Gasteiger partial charge in [-0.2, -0.15) is 13.2 Å². The molecule has 1 amide bonds. The number of benzene rings is 1. The van der Waals surface area contributed by atoms with Gasteiger partial charge in [-0.05, 0) is 37.3 Å². The number of rotatable bonds is 3. The lowest BCUT2D eigenvalue weighted by Crippen LogP contribution is -2.72. The number of anilines is 1. The smallest absolute Gasteiger partial charge is 0.346 e. The van der Waals surface area contributed by atoms with Gasteiger partial charge in [-0.15, -0.1) is 0 Å². The second-order valence-corrected chi connectivity index (χ2v) is 7.17. The molecule has 1 saturated heterocycles. The summed E-state index contributed by atoms with van der Waals surface area (Å²) in [5.74, 6) is -6.06. The molecule has 0 aliphatic carbocycles. The molecule has 2 aromatic rings. The van der Waals surface area contributed by atoms with Crippen LogP contribution in [0.4, 0.5) is 27.6 Å². The number of ether oxygens (including phenoxy) is 1. The zero-order valence-electron chi connectivity index (χ0n) is 15.4. The second-order valence-electron chi connectivity index (χ2n) is 6.74. The van der Waals surface area contributed by atoms with E-state index in [0.29, 0.717) is 0 Å². The highest BCUT2D eigenvalue weighted by Crippen LogP contribution is 2.50. The molecular weight excluding hydrogens is 435 g/mol. The maximum atomic E-state index is 15.2. The molecule has 0 radical (unpaired) electrons. The van der Waals surface area contributed by atoms with Crippen LogP contribution in [0.3, 0.4) is 0 Å². The molecule has 1 aromatic heterocycles. The summed E-state index contributed by atoms with van der Waals surface area (Å²) >= 11 is 5.70. The van der Waals surface area contributed by atoms with Crippen LogP contribution in [0, 0.1) is 5.82 Å². The summed E-state index contributed by atoms with van der Waals surface area (Å²) in [7, 11) is 0. The van der Waals surface area contributed by atoms with E-state index in [1.165, 1.54) is 18.3 Å². The van der Waals surface area contributed by atoms with Gasteiger partial charge < -0.3 is 15.8 Å². The fraction of sp³-hybridized carbons (Fsp3) is 0.333. The number of nitrogens with zero attached hydrogens (tertiary/aromatic N) is 1. The third kappa shape index (κ3) is 3.85. The maximum Gasteiger partial charge on any atom is 0.439 e. The summed E-state index contributed by atoms with van der Waals surface area (Å²) in [5, 5.41) is 4.32. The first-order valence-electron chi connectivity index (χ1n) is 8.54. The molecule has 0 saturated carbocycles. The Morgan fingerprint density at radius 3 is 2.67 bits per heavy atom. The Morgan fingerprint density at radius 2 is 2.07 bits per heavy atom. The second kappa shape index (κ2) is 7.73. The van der Waals surface area contributed by atoms with Gasteiger partial charge in [-0.3, -0.25) is 10.1 Å². The van der Waals surface area contributed by atoms with E-state index < -0.39 is 47.6 Å². The summed E-state index contributed by atoms with van der Waals surface area (Å²) in [5.41, 5.74) is 1.71. The topological polar surface area (TPSA) is 89.3 Å². The fourth-order valence-electron chi connectivity index (χ4n) is 3.13. The molecule has 4 N–H and O–H groups in total. The minimum absolute atomic E-state index is 0.0516. The van der Waals surface area contributed by atoms with E-state index in [1.807, 2.05) is 0 Å². The Morgan fingerprint density at radius 1 is 1.37 bits per heavy atom. The van der Waals surface area contributed by atoms with Crippen molar-refractivity contribution < 1.29 is 31.5 Å². The average Bonchev–Trinajstić information content (AvgIpc) is 2.66. The predicted molar refractivity (Wildman–Crippen MR) is 97.9 cm³/mol. The van der Waals surface area contributed by atoms with Crippen LogP contribution in [0.15, 0.2) is 36.5 Å². The van der Waals surface area contributed by atoms with Crippen molar-refractivity contribution in [2.24, 2.45) is 5.73 Å². The summed E-state index contributed by atoms with van der Waals surface area (Å²) in [6, 6.07) is 5.45. The number of hydrogen-bond donors (Lipinski definition) is 3. The summed E-state index contributed by atoms with van der Waals surface area (Å²) in [4.78, 5) is 16.1. The lowest BCUT2D eigenvalue weighted by Gasteiger charge is -2.49. The Balaban J connectivity index is 2.00. The average molecular weight is 451 g/mol. The highest BCUT2D eigenvalue weighted by atomic mass is 35.5. The van der Waals surface area contributed by atoms with Crippen LogP contribution in [-0.4, -0.2) is 35.6 Å². The molecule has 1 aliphatic heterocycles. The quantitative estimate of drug-likeness (QED) is 0.492. The van der Waals surface area contributed by atoms with Gasteiger partial charge in [0.05, 0.1) is 5.02 Å². The number of aromatic nitrogens is 1. The summed E-state index contributed by atoms with van der Waals surface area (Å²) in [6.45, 7) is 0.0865. The third-order valence-corrected chi connectivity index (χ3v) is 4.90. The van der Waals surface area contributed by atoms with Gasteiger partial charge in [0.25, 0.3) is 11.7 Å². The van der Waals surface area contributed by atoms with Crippen LogP contribution >= 0.6 is 11.6 Å². The van der Waals surface area contributed by atoms with E-state index in [4.69, 9.17) is 22.1 Å². The van der Waals surface area contributed by atoms with Crippen LogP contribution in [0.25, 0.3) is 0 Å². The van der Waals surface area contributed by atoms with Crippen molar-refractivity contribution >= 4 is 23.2 Å². The normalized spacial score (nSPS) is 27.0. The molecule has 3 rings (SSSR count). The highest BCUT2D eigenvalue weighted by molar-refractivity contribution is 6.30. The van der Waals surface area contributed by atoms with Crippen LogP contribution < -0.4 is 16.4 Å². The van der Waals surface area contributed by atoms with E-state index in [2.05, 4.69) is 10.3 Å². The monoisotopic (exact) mass is 450 g/mol. The first-order chi connectivity index (χ1) is 13.9. The van der Waals surface area contributed by atoms with Gasteiger partial charge >= 0.3 is 6.18 Å². The molecule has 1 fully saturated rings. The number of alkyl halides is 4. The van der Waals surface area contributed by atoms with Crippen molar-refractivity contribution in [1.29, 1.82) is 0 Å². The summed E-state index contributed by atoms with van der Waals surface area (Å²) < 4.78 is 75.5. The van der Waals surface area contributed by atoms with Gasteiger partial charge in [0.1, 0.15) is 17.7 Å². The lowest BCUT2D eigenvalue weighted by molar-refractivity contribution is -0.336. The van der Waals surface area contributed by atoms with Crippen LogP contribution in [0.1, 0.15) is 23.0 Å². The molecule has 0 spiro atoms. The number of amides is 1. The maximum absolute atomic E-state index is 15.2. The highest BCUT2D eigenvalue weighted by Gasteiger charge is 2.70. The molecule has 30 heavy (non-hydrogen) atoms. The first-order valence-corrected chi connectivity index (χ1v) is 8.92. The minimum Gasteiger partial charge on any atom is -0.346 e. The SMILES string of the molecule is C[C@]1(c2cc(NC(=O)c3ccc(Cl)cn3)ccc2F)OC(N)CN[C@]1(F)C(F)(F)F. The number of nitrogens with two attached hydrogens (primary N) is 1. The molecule has 0 bridgehead atoms. The van der Waals surface area contributed by atoms with Gasteiger partial charge in [0, 0.05) is 24.0 Å². The van der Waals surface area contributed by atoms with Crippen LogP contribution in [0.5, 0.6) is 0 Å². The Hall–Kier alpha value is -2.34. The van der Waals surface area contributed by atoms with Crippen LogP contribution in [-0.2, 0) is 10.3 Å². The van der Waals surface area contributed by atoms with Crippen molar-refractivity contribution in [3.05, 3.63) is 58.6 Å². The molecule has 6 nitrogen and oxygen atoms in total. The molecular formula is C18H16ClF5N4O2. The number of hydrogen-bond acceptors (Lipinski definition) is 5. The molecule has 12 heteroatoms. The Labute approximate surface area is 172 Å². The van der Waals surface area contributed by atoms with Crippen molar-refractivity contribution in [2.45, 2.75) is 30.7 Å². The van der Waals surface area contributed by atoms with E-state index in [-0.39, 0.29) is 16.4 Å². The third-order valence-electron chi connectivity index (χ3n) is 4.68. The van der Waals surface area contributed by atoms with Gasteiger partial charge in [-0.1, -0.05) is 11.6 Å². The summed E-state index contributed by atoms with van der Waals surface area (Å²) in [6.07, 6.45) is -5.57. The number of morpholine rings is 1. The van der Waals surface area contributed by atoms with E-state index >= 15 is 4.39 Å².